The molecule has 0 atom stereocenters. The summed E-state index contributed by atoms with van der Waals surface area (Å²) in [5.74, 6) is 0. The van der Waals surface area contributed by atoms with Crippen molar-refractivity contribution in [2.24, 2.45) is 0 Å². The van der Waals surface area contributed by atoms with Crippen LogP contribution in [0.4, 0.5) is 4.79 Å². The molecule has 0 heterocycles. The molecular formula is C14H20N2O2S. The molecule has 1 aromatic carbocycles. The fourth-order valence-electron chi connectivity index (χ4n) is 1.78. The van der Waals surface area contributed by atoms with Gasteiger partial charge in [0.1, 0.15) is 0 Å². The van der Waals surface area contributed by atoms with Gasteiger partial charge in [-0.2, -0.15) is 0 Å². The number of hydrogen-bond donors (Lipinski definition) is 3. The fraction of sp³-hybridized carbons (Fsp3) is 0.500. The molecule has 2 rings (SSSR count). The van der Waals surface area contributed by atoms with Gasteiger partial charge in [0, 0.05) is 29.3 Å². The molecule has 3 N–H and O–H groups in total. The maximum atomic E-state index is 11.5. The number of rotatable bonds is 7. The van der Waals surface area contributed by atoms with Gasteiger partial charge < -0.3 is 15.7 Å². The summed E-state index contributed by atoms with van der Waals surface area (Å²) in [7, 11) is 0. The van der Waals surface area contributed by atoms with Gasteiger partial charge in [0.15, 0.2) is 0 Å². The minimum absolute atomic E-state index is 0.105. The van der Waals surface area contributed by atoms with E-state index in [-0.39, 0.29) is 17.4 Å². The van der Waals surface area contributed by atoms with Crippen molar-refractivity contribution in [3.63, 3.8) is 0 Å². The summed E-state index contributed by atoms with van der Waals surface area (Å²) in [6, 6.07) is 10.1. The molecule has 1 aromatic rings. The summed E-state index contributed by atoms with van der Waals surface area (Å²) in [4.78, 5) is 12.8. The molecule has 2 amide bonds. The van der Waals surface area contributed by atoms with Crippen molar-refractivity contribution in [2.45, 2.75) is 28.9 Å². The van der Waals surface area contributed by atoms with E-state index in [1.807, 2.05) is 30.0 Å². The van der Waals surface area contributed by atoms with Crippen LogP contribution in [-0.4, -0.2) is 35.6 Å². The van der Waals surface area contributed by atoms with Crippen LogP contribution in [0.2, 0.25) is 0 Å². The van der Waals surface area contributed by atoms with Gasteiger partial charge in [-0.3, -0.25) is 0 Å². The molecule has 1 aliphatic carbocycles. The highest BCUT2D eigenvalue weighted by Crippen LogP contribution is 2.51. The van der Waals surface area contributed by atoms with E-state index in [1.54, 1.807) is 0 Å². The Morgan fingerprint density at radius 2 is 2.00 bits per heavy atom. The minimum atomic E-state index is -0.145. The Labute approximate surface area is 118 Å². The topological polar surface area (TPSA) is 61.4 Å². The quantitative estimate of drug-likeness (QED) is 0.669. The molecule has 0 aromatic heterocycles. The van der Waals surface area contributed by atoms with Crippen LogP contribution in [0, 0.1) is 0 Å². The average Bonchev–Trinajstić information content (AvgIpc) is 3.18. The third-order valence-corrected chi connectivity index (χ3v) is 4.57. The SMILES string of the molecule is O=C(NCCCO)NCC1(Sc2ccccc2)CC1. The number of urea groups is 1. The molecule has 0 bridgehead atoms. The lowest BCUT2D eigenvalue weighted by molar-refractivity contribution is 0.238. The Hall–Kier alpha value is -1.20. The van der Waals surface area contributed by atoms with Gasteiger partial charge >= 0.3 is 6.03 Å². The zero-order chi connectivity index (χ0) is 13.6. The molecule has 1 aliphatic rings. The number of amides is 2. The summed E-state index contributed by atoms with van der Waals surface area (Å²) in [6.45, 7) is 1.31. The molecule has 0 aliphatic heterocycles. The molecule has 19 heavy (non-hydrogen) atoms. The molecule has 0 unspecified atom stereocenters. The van der Waals surface area contributed by atoms with Gasteiger partial charge in [-0.1, -0.05) is 18.2 Å². The molecule has 0 saturated heterocycles. The first kappa shape index (κ1) is 14.2. The number of benzene rings is 1. The monoisotopic (exact) mass is 280 g/mol. The van der Waals surface area contributed by atoms with Crippen LogP contribution >= 0.6 is 11.8 Å². The lowest BCUT2D eigenvalue weighted by Crippen LogP contribution is -2.40. The van der Waals surface area contributed by atoms with E-state index in [9.17, 15) is 4.79 Å². The zero-order valence-electron chi connectivity index (χ0n) is 10.9. The molecule has 4 nitrogen and oxygen atoms in total. The van der Waals surface area contributed by atoms with Crippen molar-refractivity contribution < 1.29 is 9.90 Å². The Bertz CT molecular complexity index is 407. The molecule has 0 spiro atoms. The number of carbonyl (C=O) groups excluding carboxylic acids is 1. The maximum Gasteiger partial charge on any atom is 0.314 e. The predicted molar refractivity (Wildman–Crippen MR) is 77.4 cm³/mol. The van der Waals surface area contributed by atoms with E-state index in [0.29, 0.717) is 19.5 Å². The number of aliphatic hydroxyl groups excluding tert-OH is 1. The summed E-state index contributed by atoms with van der Waals surface area (Å²) in [5, 5.41) is 14.3. The molecule has 104 valence electrons. The minimum Gasteiger partial charge on any atom is -0.396 e. The zero-order valence-corrected chi connectivity index (χ0v) is 11.7. The first-order valence-electron chi connectivity index (χ1n) is 6.61. The highest BCUT2D eigenvalue weighted by Gasteiger charge is 2.43. The van der Waals surface area contributed by atoms with Crippen molar-refractivity contribution in [2.75, 3.05) is 19.7 Å². The van der Waals surface area contributed by atoms with E-state index >= 15 is 0 Å². The van der Waals surface area contributed by atoms with Gasteiger partial charge in [0.05, 0.1) is 0 Å². The van der Waals surface area contributed by atoms with Crippen molar-refractivity contribution in [1.29, 1.82) is 0 Å². The van der Waals surface area contributed by atoms with Crippen LogP contribution < -0.4 is 10.6 Å². The third-order valence-electron chi connectivity index (χ3n) is 3.08. The van der Waals surface area contributed by atoms with Gasteiger partial charge in [0.25, 0.3) is 0 Å². The van der Waals surface area contributed by atoms with E-state index in [0.717, 1.165) is 12.8 Å². The molecular weight excluding hydrogens is 260 g/mol. The summed E-state index contributed by atoms with van der Waals surface area (Å²) in [5.41, 5.74) is 0. The van der Waals surface area contributed by atoms with Gasteiger partial charge in [-0.05, 0) is 31.4 Å². The smallest absolute Gasteiger partial charge is 0.314 e. The second kappa shape index (κ2) is 6.82. The second-order valence-corrected chi connectivity index (χ2v) is 6.33. The van der Waals surface area contributed by atoms with E-state index in [4.69, 9.17) is 5.11 Å². The molecule has 5 heteroatoms. The maximum absolute atomic E-state index is 11.5. The van der Waals surface area contributed by atoms with Crippen LogP contribution in [0.5, 0.6) is 0 Å². The molecule has 1 fully saturated rings. The van der Waals surface area contributed by atoms with Gasteiger partial charge in [0.2, 0.25) is 0 Å². The van der Waals surface area contributed by atoms with Gasteiger partial charge in [-0.15, -0.1) is 11.8 Å². The lowest BCUT2D eigenvalue weighted by atomic mass is 10.4. The van der Waals surface area contributed by atoms with E-state index in [2.05, 4.69) is 22.8 Å². The van der Waals surface area contributed by atoms with Crippen molar-refractivity contribution in [3.8, 4) is 0 Å². The average molecular weight is 280 g/mol. The largest absolute Gasteiger partial charge is 0.396 e. The van der Waals surface area contributed by atoms with Crippen LogP contribution in [0.3, 0.4) is 0 Å². The van der Waals surface area contributed by atoms with Crippen LogP contribution in [-0.2, 0) is 0 Å². The van der Waals surface area contributed by atoms with Crippen LogP contribution in [0.25, 0.3) is 0 Å². The number of nitrogens with one attached hydrogen (secondary N) is 2. The van der Waals surface area contributed by atoms with Crippen molar-refractivity contribution in [1.82, 2.24) is 10.6 Å². The second-order valence-electron chi connectivity index (χ2n) is 4.78. The highest BCUT2D eigenvalue weighted by molar-refractivity contribution is 8.01. The van der Waals surface area contributed by atoms with Crippen molar-refractivity contribution in [3.05, 3.63) is 30.3 Å². The van der Waals surface area contributed by atoms with E-state index < -0.39 is 0 Å². The molecule has 1 saturated carbocycles. The standard InChI is InChI=1S/C14H20N2O2S/c17-10-4-9-15-13(18)16-11-14(7-8-14)19-12-5-2-1-3-6-12/h1-3,5-6,17H,4,7-11H2,(H2,15,16,18). The Morgan fingerprint density at radius 1 is 1.26 bits per heavy atom. The first-order chi connectivity index (χ1) is 9.24. The van der Waals surface area contributed by atoms with Crippen LogP contribution in [0.1, 0.15) is 19.3 Å². The number of thioether (sulfide) groups is 1. The Morgan fingerprint density at radius 3 is 2.63 bits per heavy atom. The number of aliphatic hydroxyl groups is 1. The van der Waals surface area contributed by atoms with Crippen molar-refractivity contribution >= 4 is 17.8 Å². The lowest BCUT2D eigenvalue weighted by Gasteiger charge is -2.16. The summed E-state index contributed by atoms with van der Waals surface area (Å²) in [6.07, 6.45) is 2.88. The number of hydrogen-bond acceptors (Lipinski definition) is 3. The summed E-state index contributed by atoms with van der Waals surface area (Å²) < 4.78 is 0.176. The highest BCUT2D eigenvalue weighted by atomic mass is 32.2. The Balaban J connectivity index is 1.72. The predicted octanol–water partition coefficient (Wildman–Crippen LogP) is 1.99. The number of carbonyl (C=O) groups is 1. The fourth-order valence-corrected chi connectivity index (χ4v) is 3.02. The first-order valence-corrected chi connectivity index (χ1v) is 7.42. The normalized spacial score (nSPS) is 15.8. The molecule has 0 radical (unpaired) electrons. The third kappa shape index (κ3) is 4.76. The summed E-state index contributed by atoms with van der Waals surface area (Å²) >= 11 is 1.84. The van der Waals surface area contributed by atoms with Gasteiger partial charge in [-0.25, -0.2) is 4.79 Å². The van der Waals surface area contributed by atoms with E-state index in [1.165, 1.54) is 4.90 Å². The van der Waals surface area contributed by atoms with Crippen LogP contribution in [0.15, 0.2) is 35.2 Å². The Kier molecular flexibility index (Phi) is 5.10.